The van der Waals surface area contributed by atoms with E-state index in [4.69, 9.17) is 0 Å². The molecule has 0 atom stereocenters. The smallest absolute Gasteiger partial charge is 0.248 e. The van der Waals surface area contributed by atoms with Gasteiger partial charge in [-0.1, -0.05) is 54.6 Å². The van der Waals surface area contributed by atoms with Crippen LogP contribution in [0.2, 0.25) is 0 Å². The van der Waals surface area contributed by atoms with Crippen molar-refractivity contribution in [2.24, 2.45) is 7.05 Å². The van der Waals surface area contributed by atoms with Crippen molar-refractivity contribution in [3.8, 4) is 11.1 Å². The molecule has 0 aliphatic heterocycles. The first-order valence-electron chi connectivity index (χ1n) is 10.2. The zero-order chi connectivity index (χ0) is 22.3. The van der Waals surface area contributed by atoms with Crippen LogP contribution in [0.15, 0.2) is 91.3 Å². The van der Waals surface area contributed by atoms with Crippen LogP contribution in [-0.2, 0) is 18.4 Å². The molecule has 1 aromatic heterocycles. The van der Waals surface area contributed by atoms with Gasteiger partial charge in [-0.05, 0) is 41.0 Å². The molecule has 32 heavy (non-hydrogen) atoms. The maximum Gasteiger partial charge on any atom is 0.248 e. The Morgan fingerprint density at radius 2 is 1.81 bits per heavy atom. The quantitative estimate of drug-likeness (QED) is 0.384. The molecule has 4 aromatic rings. The van der Waals surface area contributed by atoms with Crippen molar-refractivity contribution in [3.63, 3.8) is 0 Å². The van der Waals surface area contributed by atoms with E-state index in [-0.39, 0.29) is 5.69 Å². The van der Waals surface area contributed by atoms with Gasteiger partial charge >= 0.3 is 0 Å². The second-order valence-electron chi connectivity index (χ2n) is 7.38. The third kappa shape index (κ3) is 5.49. The van der Waals surface area contributed by atoms with Crippen LogP contribution in [0.5, 0.6) is 0 Å². The highest BCUT2D eigenvalue weighted by molar-refractivity contribution is 6.02. The van der Waals surface area contributed by atoms with Crippen LogP contribution in [-0.4, -0.2) is 15.7 Å². The maximum atomic E-state index is 14.2. The molecule has 0 saturated carbocycles. The van der Waals surface area contributed by atoms with Gasteiger partial charge in [-0.15, -0.1) is 0 Å². The summed E-state index contributed by atoms with van der Waals surface area (Å²) in [5.74, 6) is -0.881. The van der Waals surface area contributed by atoms with Crippen molar-refractivity contribution in [2.45, 2.75) is 6.54 Å². The summed E-state index contributed by atoms with van der Waals surface area (Å²) in [6, 6.07) is 22.2. The summed E-state index contributed by atoms with van der Waals surface area (Å²) >= 11 is 0. The summed E-state index contributed by atoms with van der Waals surface area (Å²) in [5.41, 5.74) is 4.98. The van der Waals surface area contributed by atoms with Crippen molar-refractivity contribution in [1.82, 2.24) is 9.78 Å². The normalized spacial score (nSPS) is 10.9. The van der Waals surface area contributed by atoms with Crippen LogP contribution in [0.1, 0.15) is 11.1 Å². The Hall–Kier alpha value is -4.19. The van der Waals surface area contributed by atoms with Crippen molar-refractivity contribution in [2.75, 3.05) is 10.6 Å². The van der Waals surface area contributed by atoms with Gasteiger partial charge in [0.15, 0.2) is 0 Å². The van der Waals surface area contributed by atoms with Gasteiger partial charge in [0.1, 0.15) is 5.82 Å². The van der Waals surface area contributed by atoms with E-state index in [2.05, 4.69) is 15.7 Å². The molecule has 0 radical (unpaired) electrons. The second kappa shape index (κ2) is 9.75. The molecule has 4 rings (SSSR count). The summed E-state index contributed by atoms with van der Waals surface area (Å²) in [7, 11) is 1.89. The third-order valence-corrected chi connectivity index (χ3v) is 4.94. The van der Waals surface area contributed by atoms with Gasteiger partial charge in [0.2, 0.25) is 5.91 Å². The molecule has 160 valence electrons. The monoisotopic (exact) mass is 426 g/mol. The van der Waals surface area contributed by atoms with Gasteiger partial charge < -0.3 is 10.6 Å². The van der Waals surface area contributed by atoms with Gasteiger partial charge in [0, 0.05) is 37.1 Å². The fraction of sp³-hybridized carbons (Fsp3) is 0.0769. The van der Waals surface area contributed by atoms with Crippen LogP contribution in [0.4, 0.5) is 15.8 Å². The number of nitrogens with one attached hydrogen (secondary N) is 2. The van der Waals surface area contributed by atoms with Gasteiger partial charge in [-0.2, -0.15) is 5.10 Å². The molecule has 1 amide bonds. The van der Waals surface area contributed by atoms with Gasteiger partial charge in [0.25, 0.3) is 0 Å². The highest BCUT2D eigenvalue weighted by atomic mass is 19.1. The Balaban J connectivity index is 1.37. The number of anilines is 2. The lowest BCUT2D eigenvalue weighted by Gasteiger charge is -2.10. The number of amides is 1. The molecule has 2 N–H and O–H groups in total. The number of hydrogen-bond acceptors (Lipinski definition) is 3. The van der Waals surface area contributed by atoms with E-state index in [1.165, 1.54) is 12.1 Å². The SMILES string of the molecule is Cn1cc(-c2ccc(CNc3ccc(F)c(NC(=O)C=Cc4ccccc4)c3)cc2)cn1. The van der Waals surface area contributed by atoms with E-state index in [1.54, 1.807) is 22.9 Å². The van der Waals surface area contributed by atoms with Gasteiger partial charge in [-0.25, -0.2) is 4.39 Å². The molecule has 1 heterocycles. The lowest BCUT2D eigenvalue weighted by molar-refractivity contribution is -0.111. The Bertz CT molecular complexity index is 1230. The summed E-state index contributed by atoms with van der Waals surface area (Å²) in [6.07, 6.45) is 6.87. The van der Waals surface area contributed by atoms with Crippen LogP contribution in [0.3, 0.4) is 0 Å². The van der Waals surface area contributed by atoms with E-state index in [0.29, 0.717) is 12.2 Å². The largest absolute Gasteiger partial charge is 0.381 e. The molecule has 0 bridgehead atoms. The molecular weight excluding hydrogens is 403 g/mol. The van der Waals surface area contributed by atoms with E-state index >= 15 is 0 Å². The fourth-order valence-electron chi connectivity index (χ4n) is 3.23. The zero-order valence-electron chi connectivity index (χ0n) is 17.6. The van der Waals surface area contributed by atoms with E-state index in [1.807, 2.05) is 74.0 Å². The molecule has 3 aromatic carbocycles. The fourth-order valence-corrected chi connectivity index (χ4v) is 3.23. The summed E-state index contributed by atoms with van der Waals surface area (Å²) < 4.78 is 16.0. The van der Waals surface area contributed by atoms with Crippen LogP contribution < -0.4 is 10.6 Å². The summed E-state index contributed by atoms with van der Waals surface area (Å²) in [5, 5.41) is 10.1. The van der Waals surface area contributed by atoms with Crippen molar-refractivity contribution in [3.05, 3.63) is 108 Å². The number of nitrogens with zero attached hydrogens (tertiary/aromatic N) is 2. The summed E-state index contributed by atoms with van der Waals surface area (Å²) in [4.78, 5) is 12.2. The van der Waals surface area contributed by atoms with Crippen LogP contribution >= 0.6 is 0 Å². The minimum Gasteiger partial charge on any atom is -0.381 e. The number of rotatable bonds is 7. The maximum absolute atomic E-state index is 14.2. The van der Waals surface area contributed by atoms with Crippen LogP contribution in [0, 0.1) is 5.82 Å². The minimum atomic E-state index is -0.488. The number of aryl methyl sites for hydroxylation is 1. The van der Waals surface area contributed by atoms with Crippen LogP contribution in [0.25, 0.3) is 17.2 Å². The number of aromatic nitrogens is 2. The van der Waals surface area contributed by atoms with Crippen molar-refractivity contribution in [1.29, 1.82) is 0 Å². The lowest BCUT2D eigenvalue weighted by atomic mass is 10.1. The molecule has 0 saturated heterocycles. The number of hydrogen-bond donors (Lipinski definition) is 2. The Labute approximate surface area is 186 Å². The topological polar surface area (TPSA) is 59.0 Å². The first kappa shape index (κ1) is 21.1. The average molecular weight is 426 g/mol. The molecule has 0 unspecified atom stereocenters. The average Bonchev–Trinajstić information content (AvgIpc) is 3.25. The summed E-state index contributed by atoms with van der Waals surface area (Å²) in [6.45, 7) is 0.570. The number of benzene rings is 3. The van der Waals surface area contributed by atoms with Crippen molar-refractivity contribution >= 4 is 23.4 Å². The number of carbonyl (C=O) groups excluding carboxylic acids is 1. The predicted octanol–water partition coefficient (Wildman–Crippen LogP) is 5.49. The Kier molecular flexibility index (Phi) is 6.41. The number of carbonyl (C=O) groups is 1. The Morgan fingerprint density at radius 1 is 1.03 bits per heavy atom. The molecule has 6 heteroatoms. The molecule has 0 aliphatic carbocycles. The standard InChI is InChI=1S/C26H23FN4O/c1-31-18-22(17-29-31)21-10-7-20(8-11-21)16-28-23-12-13-24(27)25(15-23)30-26(32)14-9-19-5-3-2-4-6-19/h2-15,17-18,28H,16H2,1H3,(H,30,32). The van der Waals surface area contributed by atoms with E-state index in [9.17, 15) is 9.18 Å². The molecule has 0 spiro atoms. The lowest BCUT2D eigenvalue weighted by Crippen LogP contribution is -2.10. The third-order valence-electron chi connectivity index (χ3n) is 4.94. The van der Waals surface area contributed by atoms with E-state index in [0.717, 1.165) is 22.3 Å². The Morgan fingerprint density at radius 3 is 2.53 bits per heavy atom. The molecule has 5 nitrogen and oxygen atoms in total. The molecule has 0 fully saturated rings. The van der Waals surface area contributed by atoms with Crippen molar-refractivity contribution < 1.29 is 9.18 Å². The first-order valence-corrected chi connectivity index (χ1v) is 10.2. The van der Waals surface area contributed by atoms with Gasteiger partial charge in [0.05, 0.1) is 11.9 Å². The molecule has 0 aliphatic rings. The minimum absolute atomic E-state index is 0.129. The molecular formula is C26H23FN4O. The van der Waals surface area contributed by atoms with E-state index < -0.39 is 11.7 Å². The highest BCUT2D eigenvalue weighted by Gasteiger charge is 2.07. The highest BCUT2D eigenvalue weighted by Crippen LogP contribution is 2.22. The first-order chi connectivity index (χ1) is 15.6. The van der Waals surface area contributed by atoms with Gasteiger partial charge in [-0.3, -0.25) is 9.48 Å². The predicted molar refractivity (Wildman–Crippen MR) is 126 cm³/mol. The number of halogens is 1. The zero-order valence-corrected chi connectivity index (χ0v) is 17.6. The second-order valence-corrected chi connectivity index (χ2v) is 7.38.